The zero-order valence-corrected chi connectivity index (χ0v) is 19.9. The number of nitrogens with zero attached hydrogens (tertiary/aromatic N) is 2. The Labute approximate surface area is 187 Å². The summed E-state index contributed by atoms with van der Waals surface area (Å²) in [5, 5.41) is 5.07. The number of amides is 1. The average Bonchev–Trinajstić information content (AvgIpc) is 3.22. The summed E-state index contributed by atoms with van der Waals surface area (Å²) < 4.78 is 27.8. The van der Waals surface area contributed by atoms with Gasteiger partial charge < -0.3 is 10.2 Å². The van der Waals surface area contributed by atoms with Crippen LogP contribution in [0.4, 0.5) is 0 Å². The Balaban J connectivity index is 1.78. The predicted molar refractivity (Wildman–Crippen MR) is 122 cm³/mol. The fraction of sp³-hybridized carbons (Fsp3) is 0.476. The molecule has 2 atom stereocenters. The first-order valence-electron chi connectivity index (χ1n) is 9.98. The molecule has 9 heteroatoms. The molecule has 3 rings (SSSR count). The van der Waals surface area contributed by atoms with Crippen LogP contribution >= 0.6 is 22.9 Å². The number of hydrogen-bond acceptors (Lipinski definition) is 5. The summed E-state index contributed by atoms with van der Waals surface area (Å²) in [5.74, 6) is -0.0162. The van der Waals surface area contributed by atoms with Crippen molar-refractivity contribution in [2.75, 3.05) is 33.7 Å². The summed E-state index contributed by atoms with van der Waals surface area (Å²) in [4.78, 5) is 16.0. The van der Waals surface area contributed by atoms with Crippen LogP contribution in [0.3, 0.4) is 0 Å². The SMILES string of the molecule is CC1CCCN(S(=O)(=O)c2cc(C(=O)NCC(c3cccs3)N(C)C)ccc2Cl)C1. The van der Waals surface area contributed by atoms with Crippen molar-refractivity contribution in [3.05, 3.63) is 51.2 Å². The highest BCUT2D eigenvalue weighted by Gasteiger charge is 2.31. The van der Waals surface area contributed by atoms with Gasteiger partial charge in [0, 0.05) is 30.1 Å². The van der Waals surface area contributed by atoms with Gasteiger partial charge in [-0.25, -0.2) is 8.42 Å². The van der Waals surface area contributed by atoms with Crippen LogP contribution in [0, 0.1) is 5.92 Å². The van der Waals surface area contributed by atoms with Crippen molar-refractivity contribution >= 4 is 38.9 Å². The predicted octanol–water partition coefficient (Wildman–Crippen LogP) is 3.85. The maximum absolute atomic E-state index is 13.1. The second kappa shape index (κ2) is 9.78. The maximum Gasteiger partial charge on any atom is 0.251 e. The fourth-order valence-corrected chi connectivity index (χ4v) is 6.68. The second-order valence-electron chi connectivity index (χ2n) is 7.96. The number of nitrogens with one attached hydrogen (secondary N) is 1. The monoisotopic (exact) mass is 469 g/mol. The number of sulfonamides is 1. The van der Waals surface area contributed by atoms with Gasteiger partial charge in [-0.15, -0.1) is 11.3 Å². The summed E-state index contributed by atoms with van der Waals surface area (Å²) in [7, 11) is 0.176. The van der Waals surface area contributed by atoms with Crippen molar-refractivity contribution in [1.82, 2.24) is 14.5 Å². The summed E-state index contributed by atoms with van der Waals surface area (Å²) in [6.45, 7) is 3.41. The molecule has 1 saturated heterocycles. The van der Waals surface area contributed by atoms with Crippen molar-refractivity contribution in [1.29, 1.82) is 0 Å². The average molecular weight is 470 g/mol. The van der Waals surface area contributed by atoms with Gasteiger partial charge in [0.25, 0.3) is 5.91 Å². The molecule has 1 aliphatic heterocycles. The van der Waals surface area contributed by atoms with Crippen LogP contribution in [0.1, 0.15) is 41.0 Å². The molecular formula is C21H28ClN3O3S2. The molecule has 6 nitrogen and oxygen atoms in total. The van der Waals surface area contributed by atoms with E-state index in [-0.39, 0.29) is 27.4 Å². The number of rotatable bonds is 7. The third-order valence-corrected chi connectivity index (χ3v) is 8.70. The number of thiophene rings is 1. The molecule has 0 bridgehead atoms. The Morgan fingerprint density at radius 3 is 2.77 bits per heavy atom. The lowest BCUT2D eigenvalue weighted by Crippen LogP contribution is -2.39. The lowest BCUT2D eigenvalue weighted by Gasteiger charge is -2.30. The van der Waals surface area contributed by atoms with Crippen molar-refractivity contribution in [2.45, 2.75) is 30.7 Å². The summed E-state index contributed by atoms with van der Waals surface area (Å²) in [6.07, 6.45) is 1.84. The van der Waals surface area contributed by atoms with E-state index in [1.54, 1.807) is 17.4 Å². The molecule has 2 unspecified atom stereocenters. The first-order chi connectivity index (χ1) is 14.2. The molecule has 0 aliphatic carbocycles. The highest BCUT2D eigenvalue weighted by Crippen LogP contribution is 2.29. The molecule has 164 valence electrons. The minimum atomic E-state index is -3.75. The molecule has 0 saturated carbocycles. The smallest absolute Gasteiger partial charge is 0.251 e. The van der Waals surface area contributed by atoms with E-state index in [1.807, 2.05) is 43.4 Å². The number of likely N-dealkylation sites (N-methyl/N-ethyl adjacent to an activating group) is 1. The van der Waals surface area contributed by atoms with E-state index in [0.29, 0.717) is 25.6 Å². The Hall–Kier alpha value is -1.45. The molecule has 2 heterocycles. The maximum atomic E-state index is 13.1. The first kappa shape index (κ1) is 23.2. The van der Waals surface area contributed by atoms with Gasteiger partial charge in [0.1, 0.15) is 4.90 Å². The first-order valence-corrected chi connectivity index (χ1v) is 12.7. The minimum Gasteiger partial charge on any atom is -0.350 e. The van der Waals surface area contributed by atoms with Gasteiger partial charge in [0.15, 0.2) is 0 Å². The topological polar surface area (TPSA) is 69.7 Å². The Bertz CT molecular complexity index is 977. The number of halogens is 1. The van der Waals surface area contributed by atoms with Gasteiger partial charge in [0.05, 0.1) is 11.1 Å². The van der Waals surface area contributed by atoms with Crippen LogP contribution < -0.4 is 5.32 Å². The zero-order chi connectivity index (χ0) is 21.9. The molecule has 2 aromatic rings. The van der Waals surface area contributed by atoms with Crippen molar-refractivity contribution in [3.8, 4) is 0 Å². The van der Waals surface area contributed by atoms with E-state index in [9.17, 15) is 13.2 Å². The van der Waals surface area contributed by atoms with Crippen LogP contribution in [0.25, 0.3) is 0 Å². The molecule has 1 aliphatic rings. The van der Waals surface area contributed by atoms with Crippen LogP contribution in [-0.4, -0.2) is 57.3 Å². The molecule has 1 fully saturated rings. The third-order valence-electron chi connectivity index (χ3n) is 5.38. The van der Waals surface area contributed by atoms with Gasteiger partial charge in [0.2, 0.25) is 10.0 Å². The second-order valence-corrected chi connectivity index (χ2v) is 11.3. The van der Waals surface area contributed by atoms with Gasteiger partial charge in [-0.3, -0.25) is 4.79 Å². The highest BCUT2D eigenvalue weighted by atomic mass is 35.5. The molecular weight excluding hydrogens is 442 g/mol. The highest BCUT2D eigenvalue weighted by molar-refractivity contribution is 7.89. The van der Waals surface area contributed by atoms with Crippen molar-refractivity contribution < 1.29 is 13.2 Å². The Morgan fingerprint density at radius 1 is 1.37 bits per heavy atom. The number of benzene rings is 1. The molecule has 1 amide bonds. The van der Waals surface area contributed by atoms with Crippen molar-refractivity contribution in [2.24, 2.45) is 5.92 Å². The van der Waals surface area contributed by atoms with Crippen LogP contribution in [-0.2, 0) is 10.0 Å². The number of carbonyl (C=O) groups is 1. The standard InChI is InChI=1S/C21H28ClN3O3S2/c1-15-6-4-10-25(14-15)30(27,28)20-12-16(8-9-17(20)22)21(26)23-13-18(24(2)3)19-7-5-11-29-19/h5,7-9,11-12,15,18H,4,6,10,13-14H2,1-3H3,(H,23,26). The Kier molecular flexibility index (Phi) is 7.57. The zero-order valence-electron chi connectivity index (χ0n) is 17.5. The molecule has 30 heavy (non-hydrogen) atoms. The fourth-order valence-electron chi connectivity index (χ4n) is 3.66. The summed E-state index contributed by atoms with van der Waals surface area (Å²) in [6, 6.07) is 8.50. The van der Waals surface area contributed by atoms with Gasteiger partial charge in [-0.05, 0) is 62.5 Å². The minimum absolute atomic E-state index is 0.00617. The van der Waals surface area contributed by atoms with E-state index >= 15 is 0 Å². The molecule has 1 aromatic heterocycles. The molecule has 1 aromatic carbocycles. The summed E-state index contributed by atoms with van der Waals surface area (Å²) >= 11 is 7.87. The van der Waals surface area contributed by atoms with E-state index in [2.05, 4.69) is 5.32 Å². The van der Waals surface area contributed by atoms with Crippen LogP contribution in [0.15, 0.2) is 40.6 Å². The molecule has 0 radical (unpaired) electrons. The Morgan fingerprint density at radius 2 is 2.13 bits per heavy atom. The van der Waals surface area contributed by atoms with Crippen LogP contribution in [0.2, 0.25) is 5.02 Å². The lowest BCUT2D eigenvalue weighted by molar-refractivity contribution is 0.0942. The van der Waals surface area contributed by atoms with E-state index in [1.165, 1.54) is 16.4 Å². The van der Waals surface area contributed by atoms with E-state index in [0.717, 1.165) is 17.7 Å². The number of hydrogen-bond donors (Lipinski definition) is 1. The van der Waals surface area contributed by atoms with Crippen LogP contribution in [0.5, 0.6) is 0 Å². The van der Waals surface area contributed by atoms with Gasteiger partial charge in [-0.1, -0.05) is 24.6 Å². The largest absolute Gasteiger partial charge is 0.350 e. The number of carbonyl (C=O) groups excluding carboxylic acids is 1. The van der Waals surface area contributed by atoms with Crippen molar-refractivity contribution in [3.63, 3.8) is 0 Å². The third kappa shape index (κ3) is 5.23. The quantitative estimate of drug-likeness (QED) is 0.668. The molecule has 1 N–H and O–H groups in total. The van der Waals surface area contributed by atoms with Gasteiger partial charge >= 0.3 is 0 Å². The number of piperidine rings is 1. The normalized spacial score (nSPS) is 19.0. The summed E-state index contributed by atoms with van der Waals surface area (Å²) in [5.41, 5.74) is 0.284. The van der Waals surface area contributed by atoms with Gasteiger partial charge in [-0.2, -0.15) is 4.31 Å². The lowest BCUT2D eigenvalue weighted by atomic mass is 10.0. The van der Waals surface area contributed by atoms with E-state index < -0.39 is 10.0 Å². The molecule has 0 spiro atoms. The van der Waals surface area contributed by atoms with E-state index in [4.69, 9.17) is 11.6 Å².